The van der Waals surface area contributed by atoms with Crippen LogP contribution in [0.25, 0.3) is 0 Å². The number of hydrogen-bond donors (Lipinski definition) is 2. The first-order valence-corrected chi connectivity index (χ1v) is 8.54. The minimum Gasteiger partial charge on any atom is -0.360 e. The lowest BCUT2D eigenvalue weighted by Gasteiger charge is -2.34. The maximum absolute atomic E-state index is 11.8. The summed E-state index contributed by atoms with van der Waals surface area (Å²) < 4.78 is 4.90. The zero-order valence-electron chi connectivity index (χ0n) is 14.7. The van der Waals surface area contributed by atoms with E-state index in [1.54, 1.807) is 13.0 Å². The molecule has 1 saturated heterocycles. The van der Waals surface area contributed by atoms with E-state index in [-0.39, 0.29) is 6.03 Å². The van der Waals surface area contributed by atoms with Crippen LogP contribution in [0.15, 0.2) is 28.9 Å². The molecule has 8 heteroatoms. The van der Waals surface area contributed by atoms with Crippen LogP contribution in [0.1, 0.15) is 18.2 Å². The fourth-order valence-electron chi connectivity index (χ4n) is 2.77. The van der Waals surface area contributed by atoms with Crippen LogP contribution in [0.2, 0.25) is 0 Å². The third-order valence-electron chi connectivity index (χ3n) is 4.28. The minimum absolute atomic E-state index is 0.326. The summed E-state index contributed by atoms with van der Waals surface area (Å²) in [6.07, 6.45) is 1.81. The van der Waals surface area contributed by atoms with Gasteiger partial charge in [-0.1, -0.05) is 18.1 Å². The first-order valence-electron chi connectivity index (χ1n) is 8.54. The Kier molecular flexibility index (Phi) is 5.49. The summed E-state index contributed by atoms with van der Waals surface area (Å²) in [5.41, 5.74) is 0.947. The topological polar surface area (TPSA) is 86.5 Å². The van der Waals surface area contributed by atoms with E-state index in [9.17, 15) is 4.79 Å². The summed E-state index contributed by atoms with van der Waals surface area (Å²) in [7, 11) is 0. The van der Waals surface area contributed by atoms with Gasteiger partial charge < -0.3 is 19.6 Å². The first-order chi connectivity index (χ1) is 12.1. The van der Waals surface area contributed by atoms with E-state index in [0.717, 1.165) is 44.1 Å². The van der Waals surface area contributed by atoms with Crippen molar-refractivity contribution in [1.82, 2.24) is 20.4 Å². The maximum Gasteiger partial charge on any atom is 0.320 e. The molecule has 1 fully saturated rings. The lowest BCUT2D eigenvalue weighted by Crippen LogP contribution is -2.46. The molecule has 2 aromatic heterocycles. The minimum atomic E-state index is -0.326. The van der Waals surface area contributed by atoms with Crippen LogP contribution in [-0.4, -0.2) is 53.8 Å². The van der Waals surface area contributed by atoms with Crippen molar-refractivity contribution in [2.45, 2.75) is 20.4 Å². The summed E-state index contributed by atoms with van der Waals surface area (Å²) in [6, 6.07) is 5.34. The van der Waals surface area contributed by atoms with Gasteiger partial charge in [-0.2, -0.15) is 0 Å². The fraction of sp³-hybridized carbons (Fsp3) is 0.471. The Balaban J connectivity index is 1.47. The number of carbonyl (C=O) groups excluding carboxylic acids is 1. The Morgan fingerprint density at radius 2 is 2.08 bits per heavy atom. The second-order valence-corrected chi connectivity index (χ2v) is 6.08. The van der Waals surface area contributed by atoms with Crippen LogP contribution < -0.4 is 15.5 Å². The Bertz CT molecular complexity index is 691. The quantitative estimate of drug-likeness (QED) is 0.861. The molecule has 0 radical (unpaired) electrons. The van der Waals surface area contributed by atoms with Crippen LogP contribution in [0.4, 0.5) is 16.4 Å². The molecule has 2 N–H and O–H groups in total. The Morgan fingerprint density at radius 1 is 1.28 bits per heavy atom. The molecule has 2 aromatic rings. The number of nitrogens with zero attached hydrogens (tertiary/aromatic N) is 4. The van der Waals surface area contributed by atoms with Gasteiger partial charge in [0.15, 0.2) is 5.82 Å². The summed E-state index contributed by atoms with van der Waals surface area (Å²) in [4.78, 5) is 21.1. The van der Waals surface area contributed by atoms with Crippen LogP contribution in [-0.2, 0) is 6.54 Å². The zero-order chi connectivity index (χ0) is 17.6. The average molecular weight is 344 g/mol. The first kappa shape index (κ1) is 17.2. The van der Waals surface area contributed by atoms with Crippen LogP contribution in [0, 0.1) is 6.92 Å². The van der Waals surface area contributed by atoms with Crippen molar-refractivity contribution in [2.24, 2.45) is 0 Å². The molecule has 2 amide bonds. The molecule has 0 unspecified atom stereocenters. The van der Waals surface area contributed by atoms with Gasteiger partial charge in [-0.25, -0.2) is 9.78 Å². The molecule has 0 atom stereocenters. The molecule has 8 nitrogen and oxygen atoms in total. The van der Waals surface area contributed by atoms with Gasteiger partial charge in [-0.15, -0.1) is 0 Å². The molecule has 3 heterocycles. The van der Waals surface area contributed by atoms with E-state index < -0.39 is 0 Å². The van der Waals surface area contributed by atoms with Crippen molar-refractivity contribution in [3.63, 3.8) is 0 Å². The zero-order valence-corrected chi connectivity index (χ0v) is 14.7. The highest BCUT2D eigenvalue weighted by Gasteiger charge is 2.16. The van der Waals surface area contributed by atoms with E-state index >= 15 is 0 Å². The Morgan fingerprint density at radius 3 is 2.68 bits per heavy atom. The predicted octanol–water partition coefficient (Wildman–Crippen LogP) is 1.84. The number of nitrogens with one attached hydrogen (secondary N) is 2. The van der Waals surface area contributed by atoms with Crippen molar-refractivity contribution in [1.29, 1.82) is 0 Å². The monoisotopic (exact) mass is 344 g/mol. The van der Waals surface area contributed by atoms with Gasteiger partial charge in [0, 0.05) is 45.0 Å². The van der Waals surface area contributed by atoms with Crippen LogP contribution in [0.3, 0.4) is 0 Å². The number of carbonyl (C=O) groups is 1. The third kappa shape index (κ3) is 4.69. The van der Waals surface area contributed by atoms with Gasteiger partial charge in [-0.05, 0) is 25.1 Å². The molecule has 0 spiro atoms. The molecule has 0 aliphatic carbocycles. The van der Waals surface area contributed by atoms with E-state index in [1.165, 1.54) is 0 Å². The normalized spacial score (nSPS) is 15.2. The second kappa shape index (κ2) is 7.98. The van der Waals surface area contributed by atoms with Crippen molar-refractivity contribution in [3.8, 4) is 0 Å². The summed E-state index contributed by atoms with van der Waals surface area (Å²) in [5.74, 6) is 2.03. The second-order valence-electron chi connectivity index (χ2n) is 6.08. The average Bonchev–Trinajstić information content (AvgIpc) is 3.05. The van der Waals surface area contributed by atoms with Crippen LogP contribution in [0.5, 0.6) is 0 Å². The largest absolute Gasteiger partial charge is 0.360 e. The number of piperazine rings is 1. The predicted molar refractivity (Wildman–Crippen MR) is 95.7 cm³/mol. The van der Waals surface area contributed by atoms with Crippen molar-refractivity contribution in [2.75, 3.05) is 42.9 Å². The van der Waals surface area contributed by atoms with Crippen molar-refractivity contribution in [3.05, 3.63) is 35.7 Å². The molecule has 1 aliphatic heterocycles. The lowest BCUT2D eigenvalue weighted by molar-refractivity contribution is 0.251. The highest BCUT2D eigenvalue weighted by atomic mass is 16.5. The van der Waals surface area contributed by atoms with Gasteiger partial charge in [0.25, 0.3) is 0 Å². The Labute approximate surface area is 147 Å². The molecule has 0 bridgehead atoms. The number of likely N-dealkylation sites (N-methyl/N-ethyl adjacent to an activating group) is 1. The fourth-order valence-corrected chi connectivity index (χ4v) is 2.77. The molecule has 1 aliphatic rings. The number of aryl methyl sites for hydroxylation is 1. The number of aromatic nitrogens is 2. The number of amides is 2. The molecule has 3 rings (SSSR count). The highest BCUT2D eigenvalue weighted by molar-refractivity contribution is 5.88. The summed E-state index contributed by atoms with van der Waals surface area (Å²) in [6.45, 7) is 9.60. The van der Waals surface area contributed by atoms with Crippen molar-refractivity contribution < 1.29 is 9.32 Å². The lowest BCUT2D eigenvalue weighted by atomic mass is 10.2. The molecule has 25 heavy (non-hydrogen) atoms. The van der Waals surface area contributed by atoms with Gasteiger partial charge >= 0.3 is 6.03 Å². The number of anilines is 2. The summed E-state index contributed by atoms with van der Waals surface area (Å²) >= 11 is 0. The number of rotatable bonds is 5. The molecule has 134 valence electrons. The van der Waals surface area contributed by atoms with E-state index in [0.29, 0.717) is 18.1 Å². The number of pyridine rings is 1. The molecule has 0 aromatic carbocycles. The summed E-state index contributed by atoms with van der Waals surface area (Å²) in [5, 5.41) is 9.11. The Hall–Kier alpha value is -2.61. The van der Waals surface area contributed by atoms with Crippen LogP contribution >= 0.6 is 0 Å². The van der Waals surface area contributed by atoms with Gasteiger partial charge in [0.2, 0.25) is 0 Å². The molecular weight excluding hydrogens is 320 g/mol. The highest BCUT2D eigenvalue weighted by Crippen LogP contribution is 2.14. The number of hydrogen-bond acceptors (Lipinski definition) is 6. The third-order valence-corrected chi connectivity index (χ3v) is 4.28. The van der Waals surface area contributed by atoms with Gasteiger partial charge in [-0.3, -0.25) is 5.32 Å². The van der Waals surface area contributed by atoms with E-state index in [1.807, 2.05) is 18.3 Å². The SMILES string of the molecule is CCN1CCN(c2ccc(CNC(=O)Nc3cc(C)on3)cn2)CC1. The molecule has 0 saturated carbocycles. The standard InChI is InChI=1S/C17H24N6O2/c1-3-22-6-8-23(9-7-22)16-5-4-14(11-18-16)12-19-17(24)20-15-10-13(2)25-21-15/h4-5,10-11H,3,6-9,12H2,1-2H3,(H2,19,20,21,24). The maximum atomic E-state index is 11.8. The van der Waals surface area contributed by atoms with E-state index in [4.69, 9.17) is 4.52 Å². The van der Waals surface area contributed by atoms with Crippen molar-refractivity contribution >= 4 is 17.7 Å². The van der Waals surface area contributed by atoms with E-state index in [2.05, 4.69) is 37.5 Å². The van der Waals surface area contributed by atoms with Gasteiger partial charge in [0.05, 0.1) is 0 Å². The molecular formula is C17H24N6O2. The van der Waals surface area contributed by atoms with Gasteiger partial charge in [0.1, 0.15) is 11.6 Å². The smallest absolute Gasteiger partial charge is 0.320 e. The number of urea groups is 1.